The largest absolute Gasteiger partial charge is 0.454 e. The van der Waals surface area contributed by atoms with Crippen molar-refractivity contribution >= 4 is 11.7 Å². The summed E-state index contributed by atoms with van der Waals surface area (Å²) in [6.45, 7) is 5.02. The van der Waals surface area contributed by atoms with Gasteiger partial charge in [0.15, 0.2) is 11.5 Å². The number of fused-ring (bicyclic) bond motifs is 2. The molecule has 0 saturated carbocycles. The summed E-state index contributed by atoms with van der Waals surface area (Å²) in [6, 6.07) is 7.49. The molecule has 0 atom stereocenters. The van der Waals surface area contributed by atoms with Crippen LogP contribution in [0.25, 0.3) is 5.78 Å². The maximum Gasteiger partial charge on any atom is 0.293 e. The molecule has 2 aromatic heterocycles. The lowest BCUT2D eigenvalue weighted by Gasteiger charge is -2.19. The van der Waals surface area contributed by atoms with Crippen LogP contribution in [-0.4, -0.2) is 43.7 Å². The summed E-state index contributed by atoms with van der Waals surface area (Å²) < 4.78 is 12.3. The second-order valence-electron chi connectivity index (χ2n) is 5.74. The van der Waals surface area contributed by atoms with E-state index in [-0.39, 0.29) is 18.5 Å². The van der Waals surface area contributed by atoms with Gasteiger partial charge in [-0.1, -0.05) is 6.07 Å². The molecule has 128 valence electrons. The highest BCUT2D eigenvalue weighted by Gasteiger charge is 2.21. The minimum Gasteiger partial charge on any atom is -0.454 e. The average molecular weight is 339 g/mol. The van der Waals surface area contributed by atoms with Gasteiger partial charge in [0, 0.05) is 25.0 Å². The molecule has 0 N–H and O–H groups in total. The summed E-state index contributed by atoms with van der Waals surface area (Å²) in [7, 11) is 0. The van der Waals surface area contributed by atoms with Crippen LogP contribution in [0.15, 0.2) is 30.5 Å². The Labute approximate surface area is 144 Å². The summed E-state index contributed by atoms with van der Waals surface area (Å²) in [5.41, 5.74) is 1.83. The van der Waals surface area contributed by atoms with Crippen LogP contribution in [0, 0.1) is 6.92 Å². The predicted octanol–water partition coefficient (Wildman–Crippen LogP) is 1.82. The molecule has 1 aliphatic heterocycles. The van der Waals surface area contributed by atoms with Crippen molar-refractivity contribution in [2.24, 2.45) is 0 Å². The molecule has 0 spiro atoms. The molecule has 0 radical (unpaired) electrons. The molecule has 1 aliphatic rings. The molecule has 4 rings (SSSR count). The number of hydrogen-bond donors (Lipinski definition) is 0. The Morgan fingerprint density at radius 3 is 2.92 bits per heavy atom. The van der Waals surface area contributed by atoms with Crippen molar-refractivity contribution in [3.8, 4) is 11.5 Å². The van der Waals surface area contributed by atoms with Crippen LogP contribution in [-0.2, 0) is 6.54 Å². The van der Waals surface area contributed by atoms with Crippen LogP contribution in [0.2, 0.25) is 0 Å². The van der Waals surface area contributed by atoms with E-state index in [9.17, 15) is 4.79 Å². The van der Waals surface area contributed by atoms with Crippen molar-refractivity contribution in [2.75, 3.05) is 13.3 Å². The fourth-order valence-electron chi connectivity index (χ4n) is 2.73. The first-order chi connectivity index (χ1) is 12.2. The Morgan fingerprint density at radius 1 is 1.28 bits per heavy atom. The molecule has 0 saturated heterocycles. The van der Waals surface area contributed by atoms with Crippen LogP contribution in [0.4, 0.5) is 0 Å². The number of amides is 1. The van der Waals surface area contributed by atoms with Crippen LogP contribution in [0.3, 0.4) is 0 Å². The Balaban J connectivity index is 1.59. The van der Waals surface area contributed by atoms with E-state index in [0.717, 1.165) is 17.0 Å². The first kappa shape index (κ1) is 15.4. The normalized spacial score (nSPS) is 12.6. The molecule has 0 fully saturated rings. The number of ether oxygens (including phenoxy) is 2. The molecule has 8 heteroatoms. The molecule has 1 aromatic carbocycles. The standard InChI is InChI=1S/C17H17N5O3/c1-3-21(9-12-4-5-13-14(8-12)25-10-24-13)16(23)15-19-17-18-7-6-11(2)22(17)20-15/h4-8H,3,9-10H2,1-2H3. The van der Waals surface area contributed by atoms with Gasteiger partial charge < -0.3 is 14.4 Å². The van der Waals surface area contributed by atoms with E-state index in [1.807, 2.05) is 38.1 Å². The number of rotatable bonds is 4. The fourth-order valence-corrected chi connectivity index (χ4v) is 2.73. The van der Waals surface area contributed by atoms with Crippen molar-refractivity contribution in [2.45, 2.75) is 20.4 Å². The first-order valence-electron chi connectivity index (χ1n) is 8.02. The summed E-state index contributed by atoms with van der Waals surface area (Å²) in [5, 5.41) is 4.29. The van der Waals surface area contributed by atoms with Crippen molar-refractivity contribution < 1.29 is 14.3 Å². The maximum absolute atomic E-state index is 12.8. The Morgan fingerprint density at radius 2 is 2.12 bits per heavy atom. The SMILES string of the molecule is CCN(Cc1ccc2c(c1)OCO2)C(=O)c1nc2nccc(C)n2n1. The molecule has 25 heavy (non-hydrogen) atoms. The highest BCUT2D eigenvalue weighted by atomic mass is 16.7. The Hall–Kier alpha value is -3.16. The number of benzene rings is 1. The van der Waals surface area contributed by atoms with Crippen LogP contribution < -0.4 is 9.47 Å². The van der Waals surface area contributed by atoms with E-state index >= 15 is 0 Å². The van der Waals surface area contributed by atoms with E-state index in [0.29, 0.717) is 24.6 Å². The van der Waals surface area contributed by atoms with Gasteiger partial charge in [-0.25, -0.2) is 9.50 Å². The molecular weight excluding hydrogens is 322 g/mol. The third-order valence-corrected chi connectivity index (χ3v) is 4.10. The van der Waals surface area contributed by atoms with Gasteiger partial charge in [-0.2, -0.15) is 4.98 Å². The van der Waals surface area contributed by atoms with E-state index in [4.69, 9.17) is 9.47 Å². The van der Waals surface area contributed by atoms with Crippen LogP contribution in [0.5, 0.6) is 11.5 Å². The van der Waals surface area contributed by atoms with Gasteiger partial charge in [0.25, 0.3) is 11.7 Å². The second-order valence-corrected chi connectivity index (χ2v) is 5.74. The monoisotopic (exact) mass is 339 g/mol. The topological polar surface area (TPSA) is 81.9 Å². The lowest BCUT2D eigenvalue weighted by molar-refractivity contribution is 0.0740. The summed E-state index contributed by atoms with van der Waals surface area (Å²) >= 11 is 0. The van der Waals surface area contributed by atoms with Crippen molar-refractivity contribution in [3.05, 3.63) is 47.5 Å². The summed E-state index contributed by atoms with van der Waals surface area (Å²) in [4.78, 5) is 22.9. The first-order valence-corrected chi connectivity index (χ1v) is 8.02. The van der Waals surface area contributed by atoms with Crippen LogP contribution >= 0.6 is 0 Å². The Bertz CT molecular complexity index is 953. The van der Waals surface area contributed by atoms with E-state index in [1.165, 1.54) is 0 Å². The lowest BCUT2D eigenvalue weighted by atomic mass is 10.2. The summed E-state index contributed by atoms with van der Waals surface area (Å²) in [6.07, 6.45) is 1.65. The van der Waals surface area contributed by atoms with Crippen molar-refractivity contribution in [1.29, 1.82) is 0 Å². The average Bonchev–Trinajstić information content (AvgIpc) is 3.26. The summed E-state index contributed by atoms with van der Waals surface area (Å²) in [5.74, 6) is 1.75. The highest BCUT2D eigenvalue weighted by molar-refractivity contribution is 5.90. The molecule has 3 aromatic rings. The van der Waals surface area contributed by atoms with Crippen LogP contribution in [0.1, 0.15) is 28.8 Å². The molecule has 0 aliphatic carbocycles. The van der Waals surface area contributed by atoms with Crippen molar-refractivity contribution in [3.63, 3.8) is 0 Å². The molecule has 0 bridgehead atoms. The lowest BCUT2D eigenvalue weighted by Crippen LogP contribution is -2.31. The molecule has 8 nitrogen and oxygen atoms in total. The fraction of sp³-hybridized carbons (Fsp3) is 0.294. The zero-order valence-electron chi connectivity index (χ0n) is 14.0. The minimum absolute atomic E-state index is 0.143. The van der Waals surface area contributed by atoms with E-state index in [1.54, 1.807) is 15.6 Å². The van der Waals surface area contributed by atoms with Gasteiger partial charge in [-0.3, -0.25) is 4.79 Å². The number of aromatic nitrogens is 4. The number of carbonyl (C=O) groups is 1. The zero-order valence-corrected chi connectivity index (χ0v) is 14.0. The van der Waals surface area contributed by atoms with E-state index in [2.05, 4.69) is 15.1 Å². The highest BCUT2D eigenvalue weighted by Crippen LogP contribution is 2.32. The van der Waals surface area contributed by atoms with Gasteiger partial charge in [0.2, 0.25) is 12.6 Å². The number of nitrogens with zero attached hydrogens (tertiary/aromatic N) is 5. The smallest absolute Gasteiger partial charge is 0.293 e. The van der Waals surface area contributed by atoms with Crippen molar-refractivity contribution in [1.82, 2.24) is 24.5 Å². The molecule has 0 unspecified atom stereocenters. The van der Waals surface area contributed by atoms with Gasteiger partial charge in [0.1, 0.15) is 0 Å². The second kappa shape index (κ2) is 6.04. The molecule has 1 amide bonds. The molecular formula is C17H17N5O3. The number of hydrogen-bond acceptors (Lipinski definition) is 6. The predicted molar refractivity (Wildman–Crippen MR) is 88.5 cm³/mol. The van der Waals surface area contributed by atoms with Gasteiger partial charge in [-0.15, -0.1) is 5.10 Å². The van der Waals surface area contributed by atoms with Gasteiger partial charge >= 0.3 is 0 Å². The zero-order chi connectivity index (χ0) is 17.4. The molecule has 3 heterocycles. The quantitative estimate of drug-likeness (QED) is 0.721. The number of aryl methyl sites for hydroxylation is 1. The third-order valence-electron chi connectivity index (χ3n) is 4.10. The third kappa shape index (κ3) is 2.75. The minimum atomic E-state index is -0.231. The van der Waals surface area contributed by atoms with Gasteiger partial charge in [0.05, 0.1) is 0 Å². The Kier molecular flexibility index (Phi) is 3.72. The maximum atomic E-state index is 12.8. The van der Waals surface area contributed by atoms with Gasteiger partial charge in [-0.05, 0) is 37.6 Å². The van der Waals surface area contributed by atoms with E-state index < -0.39 is 0 Å². The number of carbonyl (C=O) groups excluding carboxylic acids is 1.